The molecular weight excluding hydrogens is 208 g/mol. The molecule has 2 rings (SSSR count). The van der Waals surface area contributed by atoms with Crippen LogP contribution in [-0.4, -0.2) is 23.2 Å². The maximum absolute atomic E-state index is 4.44. The highest BCUT2D eigenvalue weighted by atomic mass is 15.4. The Labute approximate surface area is 104 Å². The fraction of sp³-hybridized carbons (Fsp3) is 0.600. The molecule has 2 nitrogen and oxygen atoms in total. The van der Waals surface area contributed by atoms with Gasteiger partial charge in [0.05, 0.1) is 6.21 Å². The number of nitrogens with zero attached hydrogens (tertiary/aromatic N) is 2. The molecule has 92 valence electrons. The summed E-state index contributed by atoms with van der Waals surface area (Å²) in [5, 5.41) is 4.44. The predicted octanol–water partition coefficient (Wildman–Crippen LogP) is 3.40. The lowest BCUT2D eigenvalue weighted by molar-refractivity contribution is -0.544. The second kappa shape index (κ2) is 3.66. The Bertz CT molecular complexity index is 448. The van der Waals surface area contributed by atoms with Gasteiger partial charge in [0.2, 0.25) is 12.3 Å². The first-order chi connectivity index (χ1) is 7.71. The molecule has 0 N–H and O–H groups in total. The van der Waals surface area contributed by atoms with Crippen LogP contribution in [0.1, 0.15) is 41.5 Å². The molecule has 2 aliphatic rings. The van der Waals surface area contributed by atoms with Crippen molar-refractivity contribution in [3.8, 4) is 0 Å². The van der Waals surface area contributed by atoms with Crippen LogP contribution in [-0.2, 0) is 0 Å². The van der Waals surface area contributed by atoms with Crippen LogP contribution in [0.15, 0.2) is 28.4 Å². The molecular formula is C15H23N2+. The van der Waals surface area contributed by atoms with Gasteiger partial charge in [0.1, 0.15) is 0 Å². The first-order valence-corrected chi connectivity index (χ1v) is 6.30. The second-order valence-corrected chi connectivity index (χ2v) is 6.93. The molecule has 17 heavy (non-hydrogen) atoms. The molecule has 0 saturated heterocycles. The summed E-state index contributed by atoms with van der Waals surface area (Å²) in [6, 6.07) is 0.314. The molecule has 0 aromatic carbocycles. The topological polar surface area (TPSA) is 15.4 Å². The Morgan fingerprint density at radius 2 is 1.71 bits per heavy atom. The maximum atomic E-state index is 4.44. The molecule has 0 spiro atoms. The van der Waals surface area contributed by atoms with Crippen molar-refractivity contribution in [2.45, 2.75) is 47.6 Å². The fourth-order valence-corrected chi connectivity index (χ4v) is 2.58. The average molecular weight is 231 g/mol. The molecule has 2 heteroatoms. The molecule has 0 amide bonds. The summed E-state index contributed by atoms with van der Waals surface area (Å²) in [7, 11) is 0. The van der Waals surface area contributed by atoms with Crippen LogP contribution < -0.4 is 0 Å². The van der Waals surface area contributed by atoms with Gasteiger partial charge in [-0.05, 0) is 28.1 Å². The lowest BCUT2D eigenvalue weighted by atomic mass is 9.74. The van der Waals surface area contributed by atoms with E-state index >= 15 is 0 Å². The number of hydrogen-bond donors (Lipinski definition) is 0. The molecule has 0 fully saturated rings. The van der Waals surface area contributed by atoms with Gasteiger partial charge in [0.15, 0.2) is 0 Å². The molecule has 0 aliphatic carbocycles. The molecule has 2 heterocycles. The number of hydrazone groups is 1. The molecule has 2 aliphatic heterocycles. The van der Waals surface area contributed by atoms with Crippen molar-refractivity contribution in [1.29, 1.82) is 0 Å². The van der Waals surface area contributed by atoms with Crippen LogP contribution in [0.2, 0.25) is 0 Å². The van der Waals surface area contributed by atoms with E-state index in [0.717, 1.165) is 0 Å². The van der Waals surface area contributed by atoms with Gasteiger partial charge in [-0.3, -0.25) is 0 Å². The Hall–Kier alpha value is -1.18. The zero-order chi connectivity index (χ0) is 12.8. The van der Waals surface area contributed by atoms with Crippen LogP contribution in [0.5, 0.6) is 0 Å². The number of fused-ring (bicyclic) bond motifs is 1. The van der Waals surface area contributed by atoms with Gasteiger partial charge in [-0.25, -0.2) is 0 Å². The van der Waals surface area contributed by atoms with E-state index in [1.54, 1.807) is 0 Å². The number of hydrogen-bond acceptors (Lipinski definition) is 1. The lowest BCUT2D eigenvalue weighted by Crippen LogP contribution is -2.28. The summed E-state index contributed by atoms with van der Waals surface area (Å²) in [5.41, 5.74) is 3.27. The van der Waals surface area contributed by atoms with Crippen molar-refractivity contribution in [2.24, 2.45) is 15.9 Å². The van der Waals surface area contributed by atoms with Gasteiger partial charge in [-0.1, -0.05) is 46.2 Å². The van der Waals surface area contributed by atoms with E-state index in [1.165, 1.54) is 11.1 Å². The summed E-state index contributed by atoms with van der Waals surface area (Å²) in [4.78, 5) is 0. The molecule has 1 atom stereocenters. The minimum Gasteiger partial charge on any atom is -0.0805 e. The van der Waals surface area contributed by atoms with E-state index in [-0.39, 0.29) is 10.8 Å². The smallest absolute Gasteiger partial charge is 0.0805 e. The van der Waals surface area contributed by atoms with Crippen LogP contribution >= 0.6 is 0 Å². The van der Waals surface area contributed by atoms with E-state index in [4.69, 9.17) is 0 Å². The molecule has 1 unspecified atom stereocenters. The SMILES string of the molecule is CC(C)(C)C1=C(C(C)(C)C)C2C=CC=N[N+]2=C1. The molecule has 0 aromatic rings. The molecule has 0 saturated carbocycles. The quantitative estimate of drug-likeness (QED) is 0.568. The van der Waals surface area contributed by atoms with Gasteiger partial charge >= 0.3 is 0 Å². The monoisotopic (exact) mass is 231 g/mol. The maximum Gasteiger partial charge on any atom is 0.225 e. The average Bonchev–Trinajstić information content (AvgIpc) is 2.54. The zero-order valence-electron chi connectivity index (χ0n) is 11.8. The Kier molecular flexibility index (Phi) is 2.64. The van der Waals surface area contributed by atoms with Crippen molar-refractivity contribution in [2.75, 3.05) is 0 Å². The fourth-order valence-electron chi connectivity index (χ4n) is 2.58. The van der Waals surface area contributed by atoms with Gasteiger partial charge in [0.25, 0.3) is 0 Å². The Balaban J connectivity index is 2.57. The van der Waals surface area contributed by atoms with E-state index in [1.807, 2.05) is 12.3 Å². The third-order valence-electron chi connectivity index (χ3n) is 3.33. The van der Waals surface area contributed by atoms with Crippen molar-refractivity contribution >= 4 is 12.4 Å². The third kappa shape index (κ3) is 2.13. The van der Waals surface area contributed by atoms with Gasteiger partial charge in [-0.2, -0.15) is 0 Å². The summed E-state index contributed by atoms with van der Waals surface area (Å²) in [5.74, 6) is 0. The minimum atomic E-state index is 0.170. The summed E-state index contributed by atoms with van der Waals surface area (Å²) < 4.78 is 2.08. The lowest BCUT2D eigenvalue weighted by Gasteiger charge is -2.27. The highest BCUT2D eigenvalue weighted by molar-refractivity contribution is 5.82. The predicted molar refractivity (Wildman–Crippen MR) is 73.7 cm³/mol. The first-order valence-electron chi connectivity index (χ1n) is 6.30. The van der Waals surface area contributed by atoms with Gasteiger partial charge < -0.3 is 0 Å². The van der Waals surface area contributed by atoms with Crippen molar-refractivity contribution in [1.82, 2.24) is 0 Å². The highest BCUT2D eigenvalue weighted by Gasteiger charge is 2.43. The van der Waals surface area contributed by atoms with Crippen LogP contribution in [0, 0.1) is 10.8 Å². The minimum absolute atomic E-state index is 0.170. The molecule has 0 radical (unpaired) electrons. The van der Waals surface area contributed by atoms with E-state index in [0.29, 0.717) is 6.04 Å². The largest absolute Gasteiger partial charge is 0.225 e. The zero-order valence-corrected chi connectivity index (χ0v) is 11.8. The summed E-state index contributed by atoms with van der Waals surface area (Å²) in [6.45, 7) is 13.7. The number of rotatable bonds is 0. The summed E-state index contributed by atoms with van der Waals surface area (Å²) in [6.07, 6.45) is 8.36. The Morgan fingerprint density at radius 3 is 2.24 bits per heavy atom. The van der Waals surface area contributed by atoms with Gasteiger partial charge in [-0.15, -0.1) is 0 Å². The molecule has 0 bridgehead atoms. The van der Waals surface area contributed by atoms with Gasteiger partial charge in [0, 0.05) is 11.1 Å². The van der Waals surface area contributed by atoms with Crippen LogP contribution in [0.3, 0.4) is 0 Å². The molecule has 0 aromatic heterocycles. The number of allylic oxidation sites excluding steroid dienone is 2. The normalized spacial score (nSPS) is 24.1. The van der Waals surface area contributed by atoms with Crippen molar-refractivity contribution < 1.29 is 4.68 Å². The second-order valence-electron chi connectivity index (χ2n) is 6.93. The third-order valence-corrected chi connectivity index (χ3v) is 3.33. The van der Waals surface area contributed by atoms with E-state index < -0.39 is 0 Å². The van der Waals surface area contributed by atoms with Crippen LogP contribution in [0.25, 0.3) is 0 Å². The summed E-state index contributed by atoms with van der Waals surface area (Å²) >= 11 is 0. The first kappa shape index (κ1) is 12.3. The standard InChI is InChI=1S/C15H23N2/c1-14(2,3)11-10-17-12(8-7-9-16-17)13(11)15(4,5)6/h7-10,12H,1-6H3/q+1. The van der Waals surface area contributed by atoms with E-state index in [9.17, 15) is 0 Å². The highest BCUT2D eigenvalue weighted by Crippen LogP contribution is 2.41. The van der Waals surface area contributed by atoms with E-state index in [2.05, 4.69) is 63.6 Å². The Morgan fingerprint density at radius 1 is 1.06 bits per heavy atom. The van der Waals surface area contributed by atoms with Crippen molar-refractivity contribution in [3.05, 3.63) is 23.3 Å². The van der Waals surface area contributed by atoms with Crippen LogP contribution in [0.4, 0.5) is 0 Å². The van der Waals surface area contributed by atoms with Crippen molar-refractivity contribution in [3.63, 3.8) is 0 Å².